The molecule has 1 atom stereocenters. The molecular formula is C15H21N. The first-order chi connectivity index (χ1) is 7.86. The number of hydrogen-bond donors (Lipinski definition) is 0. The molecule has 0 aromatic carbocycles. The van der Waals surface area contributed by atoms with Crippen molar-refractivity contribution in [1.29, 1.82) is 0 Å². The summed E-state index contributed by atoms with van der Waals surface area (Å²) in [5.74, 6) is 0. The van der Waals surface area contributed by atoms with Crippen LogP contribution in [0.1, 0.15) is 61.7 Å². The van der Waals surface area contributed by atoms with Crippen LogP contribution in [0.4, 0.5) is 0 Å². The Morgan fingerprint density at radius 1 is 1.31 bits per heavy atom. The third kappa shape index (κ3) is 1.24. The Morgan fingerprint density at radius 3 is 2.94 bits per heavy atom. The number of allylic oxidation sites excluding steroid dienone is 1. The van der Waals surface area contributed by atoms with Crippen LogP contribution in [-0.2, 0) is 19.3 Å². The van der Waals surface area contributed by atoms with Crippen LogP contribution in [0.15, 0.2) is 6.08 Å². The molecule has 1 heteroatoms. The largest absolute Gasteiger partial charge is 0.341 e. The Labute approximate surface area is 98.2 Å². The van der Waals surface area contributed by atoms with Crippen LogP contribution in [0.5, 0.6) is 0 Å². The lowest BCUT2D eigenvalue weighted by molar-refractivity contribution is 0.524. The van der Waals surface area contributed by atoms with Gasteiger partial charge in [0, 0.05) is 17.4 Å². The van der Waals surface area contributed by atoms with Crippen LogP contribution < -0.4 is 0 Å². The number of hydrogen-bond acceptors (Lipinski definition) is 0. The van der Waals surface area contributed by atoms with Gasteiger partial charge in [0.2, 0.25) is 0 Å². The smallest absolute Gasteiger partial charge is 0.0443 e. The monoisotopic (exact) mass is 215 g/mol. The van der Waals surface area contributed by atoms with Gasteiger partial charge in [0.1, 0.15) is 0 Å². The minimum atomic E-state index is 0.783. The molecule has 2 aliphatic heterocycles. The van der Waals surface area contributed by atoms with E-state index >= 15 is 0 Å². The zero-order valence-corrected chi connectivity index (χ0v) is 10.4. The van der Waals surface area contributed by atoms with Crippen molar-refractivity contribution in [1.82, 2.24) is 4.57 Å². The van der Waals surface area contributed by atoms with Crippen molar-refractivity contribution in [3.8, 4) is 0 Å². The Kier molecular flexibility index (Phi) is 2.42. The Bertz CT molecular complexity index is 437. The minimum absolute atomic E-state index is 0.783. The molecule has 1 aromatic heterocycles. The molecule has 1 aromatic rings. The molecule has 3 heterocycles. The summed E-state index contributed by atoms with van der Waals surface area (Å²) in [6.45, 7) is 4.60. The fraction of sp³-hybridized carbons (Fsp3) is 0.600. The molecule has 0 aliphatic carbocycles. The second-order valence-electron chi connectivity index (χ2n) is 5.09. The van der Waals surface area contributed by atoms with E-state index in [-0.39, 0.29) is 0 Å². The molecular weight excluding hydrogens is 194 g/mol. The predicted molar refractivity (Wildman–Crippen MR) is 68.8 cm³/mol. The third-order valence-corrected chi connectivity index (χ3v) is 4.19. The van der Waals surface area contributed by atoms with Gasteiger partial charge in [-0.25, -0.2) is 0 Å². The number of aromatic nitrogens is 1. The van der Waals surface area contributed by atoms with Gasteiger partial charge in [-0.1, -0.05) is 26.3 Å². The molecule has 1 nitrogen and oxygen atoms in total. The van der Waals surface area contributed by atoms with Gasteiger partial charge in [-0.15, -0.1) is 0 Å². The molecule has 0 fully saturated rings. The van der Waals surface area contributed by atoms with Gasteiger partial charge in [-0.2, -0.15) is 0 Å². The van der Waals surface area contributed by atoms with Crippen LogP contribution in [0, 0.1) is 0 Å². The maximum Gasteiger partial charge on any atom is 0.0443 e. The molecule has 0 spiro atoms. The van der Waals surface area contributed by atoms with E-state index in [0.29, 0.717) is 0 Å². The second kappa shape index (κ2) is 3.80. The molecule has 2 aliphatic rings. The molecule has 0 bridgehead atoms. The van der Waals surface area contributed by atoms with Gasteiger partial charge >= 0.3 is 0 Å². The van der Waals surface area contributed by atoms with Crippen molar-refractivity contribution in [3.05, 3.63) is 28.6 Å². The van der Waals surface area contributed by atoms with Gasteiger partial charge < -0.3 is 4.57 Å². The highest BCUT2D eigenvalue weighted by Crippen LogP contribution is 2.40. The van der Waals surface area contributed by atoms with Gasteiger partial charge in [0.25, 0.3) is 0 Å². The SMILES string of the molecule is CCCc1c(CC)c2n3c1CCC3CC=C2. The zero-order valence-electron chi connectivity index (χ0n) is 10.4. The lowest BCUT2D eigenvalue weighted by Gasteiger charge is -2.18. The van der Waals surface area contributed by atoms with Gasteiger partial charge in [-0.05, 0) is 49.3 Å². The molecule has 0 amide bonds. The summed E-state index contributed by atoms with van der Waals surface area (Å²) in [6.07, 6.45) is 12.4. The normalized spacial score (nSPS) is 21.5. The average Bonchev–Trinajstić information content (AvgIpc) is 2.85. The zero-order chi connectivity index (χ0) is 11.1. The predicted octanol–water partition coefficient (Wildman–Crippen LogP) is 3.91. The summed E-state index contributed by atoms with van der Waals surface area (Å²) >= 11 is 0. The van der Waals surface area contributed by atoms with Crippen molar-refractivity contribution in [2.24, 2.45) is 0 Å². The molecule has 86 valence electrons. The molecule has 0 N–H and O–H groups in total. The van der Waals surface area contributed by atoms with Gasteiger partial charge in [0.15, 0.2) is 0 Å². The number of rotatable bonds is 3. The molecule has 0 saturated carbocycles. The van der Waals surface area contributed by atoms with Crippen LogP contribution in [-0.4, -0.2) is 4.57 Å². The maximum atomic E-state index is 2.66. The molecule has 3 rings (SSSR count). The summed E-state index contributed by atoms with van der Waals surface area (Å²) in [6, 6.07) is 0.783. The highest BCUT2D eigenvalue weighted by atomic mass is 15.1. The molecule has 1 unspecified atom stereocenters. The lowest BCUT2D eigenvalue weighted by Crippen LogP contribution is -2.08. The highest BCUT2D eigenvalue weighted by Gasteiger charge is 2.30. The Balaban J connectivity index is 2.19. The van der Waals surface area contributed by atoms with Crippen LogP contribution in [0.25, 0.3) is 6.08 Å². The van der Waals surface area contributed by atoms with Crippen molar-refractivity contribution >= 4 is 6.08 Å². The standard InChI is InChI=1S/C15H21N/c1-3-6-13-12(4-2)14-8-5-7-11-9-10-15(13)16(11)14/h5,8,11H,3-4,6-7,9-10H2,1-2H3. The summed E-state index contributed by atoms with van der Waals surface area (Å²) in [4.78, 5) is 0. The van der Waals surface area contributed by atoms with Gasteiger partial charge in [-0.3, -0.25) is 0 Å². The number of nitrogens with zero attached hydrogens (tertiary/aromatic N) is 1. The van der Waals surface area contributed by atoms with E-state index in [1.807, 2.05) is 0 Å². The fourth-order valence-corrected chi connectivity index (χ4v) is 3.57. The molecule has 0 radical (unpaired) electrons. The fourth-order valence-electron chi connectivity index (χ4n) is 3.57. The highest BCUT2D eigenvalue weighted by molar-refractivity contribution is 5.59. The van der Waals surface area contributed by atoms with E-state index in [1.165, 1.54) is 44.2 Å². The van der Waals surface area contributed by atoms with E-state index in [1.54, 1.807) is 16.8 Å². The van der Waals surface area contributed by atoms with E-state index in [0.717, 1.165) is 6.04 Å². The van der Waals surface area contributed by atoms with Crippen LogP contribution >= 0.6 is 0 Å². The Morgan fingerprint density at radius 2 is 2.19 bits per heavy atom. The first-order valence-electron chi connectivity index (χ1n) is 6.78. The van der Waals surface area contributed by atoms with Crippen LogP contribution in [0.2, 0.25) is 0 Å². The third-order valence-electron chi connectivity index (χ3n) is 4.19. The molecule has 0 saturated heterocycles. The topological polar surface area (TPSA) is 4.93 Å². The van der Waals surface area contributed by atoms with Crippen molar-refractivity contribution in [3.63, 3.8) is 0 Å². The summed E-state index contributed by atoms with van der Waals surface area (Å²) < 4.78 is 2.66. The lowest BCUT2D eigenvalue weighted by atomic mass is 9.97. The van der Waals surface area contributed by atoms with E-state index in [4.69, 9.17) is 0 Å². The minimum Gasteiger partial charge on any atom is -0.341 e. The average molecular weight is 215 g/mol. The van der Waals surface area contributed by atoms with Crippen molar-refractivity contribution in [2.75, 3.05) is 0 Å². The van der Waals surface area contributed by atoms with E-state index < -0.39 is 0 Å². The first-order valence-corrected chi connectivity index (χ1v) is 6.78. The van der Waals surface area contributed by atoms with Crippen LogP contribution in [0.3, 0.4) is 0 Å². The Hall–Kier alpha value is -0.980. The summed E-state index contributed by atoms with van der Waals surface area (Å²) in [5, 5.41) is 0. The quantitative estimate of drug-likeness (QED) is 0.720. The van der Waals surface area contributed by atoms with E-state index in [2.05, 4.69) is 30.6 Å². The maximum absolute atomic E-state index is 2.66. The van der Waals surface area contributed by atoms with E-state index in [9.17, 15) is 0 Å². The summed E-state index contributed by atoms with van der Waals surface area (Å²) in [7, 11) is 0. The molecule has 16 heavy (non-hydrogen) atoms. The van der Waals surface area contributed by atoms with Crippen molar-refractivity contribution < 1.29 is 0 Å². The van der Waals surface area contributed by atoms with Gasteiger partial charge in [0.05, 0.1) is 0 Å². The van der Waals surface area contributed by atoms with Crippen molar-refractivity contribution in [2.45, 2.75) is 58.4 Å². The summed E-state index contributed by atoms with van der Waals surface area (Å²) in [5.41, 5.74) is 6.53. The second-order valence-corrected chi connectivity index (χ2v) is 5.09. The first kappa shape index (κ1) is 10.2.